The Morgan fingerprint density at radius 2 is 2.07 bits per heavy atom. The fraction of sp³-hybridized carbons (Fsp3) is 0.417. The van der Waals surface area contributed by atoms with Crippen LogP contribution in [0, 0.1) is 12.3 Å². The number of aryl methyl sites for hydroxylation is 1. The van der Waals surface area contributed by atoms with Crippen LogP contribution in [-0.2, 0) is 0 Å². The molecular formula is C12H18N2. The second kappa shape index (κ2) is 4.80. The lowest BCUT2D eigenvalue weighted by atomic mass is 10.2. The monoisotopic (exact) mass is 190 g/mol. The van der Waals surface area contributed by atoms with Gasteiger partial charge in [-0.2, -0.15) is 0 Å². The topological polar surface area (TPSA) is 27.1 Å². The first-order valence-corrected chi connectivity index (χ1v) is 5.10. The molecule has 0 atom stereocenters. The largest absolute Gasteiger partial charge is 0.331 e. The van der Waals surface area contributed by atoms with Crippen molar-refractivity contribution in [1.82, 2.24) is 0 Å². The maximum atomic E-state index is 7.83. The highest BCUT2D eigenvalue weighted by Gasteiger charge is 2.07. The molecule has 76 valence electrons. The molecule has 1 N–H and O–H groups in total. The molecule has 2 nitrogen and oxygen atoms in total. The summed E-state index contributed by atoms with van der Waals surface area (Å²) in [5.74, 6) is 0.679. The van der Waals surface area contributed by atoms with Gasteiger partial charge in [0, 0.05) is 18.7 Å². The average Bonchev–Trinajstić information content (AvgIpc) is 2.19. The van der Waals surface area contributed by atoms with Crippen molar-refractivity contribution in [2.75, 3.05) is 11.4 Å². The van der Waals surface area contributed by atoms with Crippen molar-refractivity contribution in [1.29, 1.82) is 5.41 Å². The van der Waals surface area contributed by atoms with Crippen molar-refractivity contribution in [3.63, 3.8) is 0 Å². The highest BCUT2D eigenvalue weighted by atomic mass is 15.2. The number of hydrogen-bond donors (Lipinski definition) is 1. The van der Waals surface area contributed by atoms with Crippen molar-refractivity contribution >= 4 is 11.5 Å². The summed E-state index contributed by atoms with van der Waals surface area (Å²) < 4.78 is 0. The van der Waals surface area contributed by atoms with E-state index in [1.54, 1.807) is 0 Å². The fourth-order valence-electron chi connectivity index (χ4n) is 1.52. The fourth-order valence-corrected chi connectivity index (χ4v) is 1.52. The van der Waals surface area contributed by atoms with E-state index in [0.717, 1.165) is 18.7 Å². The third-order valence-electron chi connectivity index (χ3n) is 2.29. The summed E-state index contributed by atoms with van der Waals surface area (Å²) >= 11 is 0. The van der Waals surface area contributed by atoms with Crippen molar-refractivity contribution in [2.45, 2.75) is 27.2 Å². The summed E-state index contributed by atoms with van der Waals surface area (Å²) in [4.78, 5) is 2.03. The number of amidine groups is 1. The van der Waals surface area contributed by atoms with Gasteiger partial charge in [-0.1, -0.05) is 19.1 Å². The van der Waals surface area contributed by atoms with Crippen LogP contribution >= 0.6 is 0 Å². The number of nitrogens with zero attached hydrogens (tertiary/aromatic N) is 1. The van der Waals surface area contributed by atoms with Gasteiger partial charge in [-0.25, -0.2) is 0 Å². The van der Waals surface area contributed by atoms with Crippen molar-refractivity contribution in [3.05, 3.63) is 29.8 Å². The zero-order valence-electron chi connectivity index (χ0n) is 9.17. The minimum absolute atomic E-state index is 0.679. The minimum Gasteiger partial charge on any atom is -0.331 e. The second-order valence-corrected chi connectivity index (χ2v) is 3.38. The SMILES string of the molecule is CCC(=N)N(CC)c1cccc(C)c1. The Labute approximate surface area is 86.1 Å². The summed E-state index contributed by atoms with van der Waals surface area (Å²) in [5, 5.41) is 7.83. The number of hydrogen-bond acceptors (Lipinski definition) is 1. The first kappa shape index (κ1) is 10.8. The molecule has 1 aromatic rings. The van der Waals surface area contributed by atoms with Crippen LogP contribution in [0.2, 0.25) is 0 Å². The predicted octanol–water partition coefficient (Wildman–Crippen LogP) is 3.21. The molecule has 0 bridgehead atoms. The molecule has 0 aliphatic rings. The molecule has 0 fully saturated rings. The summed E-state index contributed by atoms with van der Waals surface area (Å²) in [6.45, 7) is 7.02. The Bertz CT molecular complexity index is 318. The van der Waals surface area contributed by atoms with Crippen LogP contribution in [0.5, 0.6) is 0 Å². The van der Waals surface area contributed by atoms with Gasteiger partial charge in [-0.15, -0.1) is 0 Å². The van der Waals surface area contributed by atoms with Crippen molar-refractivity contribution in [2.24, 2.45) is 0 Å². The number of nitrogens with one attached hydrogen (secondary N) is 1. The van der Waals surface area contributed by atoms with E-state index in [9.17, 15) is 0 Å². The molecular weight excluding hydrogens is 172 g/mol. The maximum Gasteiger partial charge on any atom is 0.0999 e. The van der Waals surface area contributed by atoms with Gasteiger partial charge in [-0.3, -0.25) is 5.41 Å². The molecule has 0 unspecified atom stereocenters. The Balaban J connectivity index is 2.94. The van der Waals surface area contributed by atoms with Gasteiger partial charge in [0.15, 0.2) is 0 Å². The third-order valence-corrected chi connectivity index (χ3v) is 2.29. The lowest BCUT2D eigenvalue weighted by molar-refractivity contribution is 1.00. The van der Waals surface area contributed by atoms with E-state index >= 15 is 0 Å². The predicted molar refractivity (Wildman–Crippen MR) is 62.2 cm³/mol. The van der Waals surface area contributed by atoms with Gasteiger partial charge < -0.3 is 4.90 Å². The zero-order chi connectivity index (χ0) is 10.6. The molecule has 0 aliphatic heterocycles. The molecule has 0 radical (unpaired) electrons. The van der Waals surface area contributed by atoms with Crippen LogP contribution in [0.15, 0.2) is 24.3 Å². The first-order valence-electron chi connectivity index (χ1n) is 5.10. The lowest BCUT2D eigenvalue weighted by Gasteiger charge is -2.23. The van der Waals surface area contributed by atoms with Gasteiger partial charge in [0.2, 0.25) is 0 Å². The number of benzene rings is 1. The summed E-state index contributed by atoms with van der Waals surface area (Å²) in [6.07, 6.45) is 0.780. The molecule has 1 aromatic carbocycles. The van der Waals surface area contributed by atoms with Gasteiger partial charge in [0.25, 0.3) is 0 Å². The molecule has 1 rings (SSSR count). The maximum absolute atomic E-state index is 7.83. The van der Waals surface area contributed by atoms with Crippen molar-refractivity contribution in [3.8, 4) is 0 Å². The second-order valence-electron chi connectivity index (χ2n) is 3.38. The molecule has 0 saturated carbocycles. The normalized spacial score (nSPS) is 9.93. The quantitative estimate of drug-likeness (QED) is 0.575. The average molecular weight is 190 g/mol. The van der Waals surface area contributed by atoms with E-state index in [2.05, 4.69) is 32.0 Å². The molecule has 0 amide bonds. The van der Waals surface area contributed by atoms with Crippen LogP contribution in [0.4, 0.5) is 5.69 Å². The standard InChI is InChI=1S/C12H18N2/c1-4-12(13)14(5-2)11-8-6-7-10(3)9-11/h6-9,13H,4-5H2,1-3H3. The highest BCUT2D eigenvalue weighted by molar-refractivity contribution is 5.95. The van der Waals surface area contributed by atoms with Gasteiger partial charge in [0.05, 0.1) is 5.84 Å². The van der Waals surface area contributed by atoms with Gasteiger partial charge in [-0.05, 0) is 31.5 Å². The molecule has 0 spiro atoms. The van der Waals surface area contributed by atoms with Gasteiger partial charge in [0.1, 0.15) is 0 Å². The van der Waals surface area contributed by atoms with Gasteiger partial charge >= 0.3 is 0 Å². The minimum atomic E-state index is 0.679. The van der Waals surface area contributed by atoms with Crippen molar-refractivity contribution < 1.29 is 0 Å². The number of rotatable bonds is 3. The van der Waals surface area contributed by atoms with Crippen LogP contribution < -0.4 is 4.90 Å². The molecule has 0 saturated heterocycles. The Hall–Kier alpha value is -1.31. The molecule has 2 heteroatoms. The van der Waals surface area contributed by atoms with E-state index in [1.807, 2.05) is 17.9 Å². The molecule has 0 aromatic heterocycles. The zero-order valence-corrected chi connectivity index (χ0v) is 9.17. The van der Waals surface area contributed by atoms with E-state index in [1.165, 1.54) is 5.56 Å². The molecule has 0 aliphatic carbocycles. The highest BCUT2D eigenvalue weighted by Crippen LogP contribution is 2.16. The van der Waals surface area contributed by atoms with Crippen LogP contribution in [0.3, 0.4) is 0 Å². The summed E-state index contributed by atoms with van der Waals surface area (Å²) in [6, 6.07) is 8.29. The number of anilines is 1. The van der Waals surface area contributed by atoms with Crippen LogP contribution in [0.1, 0.15) is 25.8 Å². The summed E-state index contributed by atoms with van der Waals surface area (Å²) in [5.41, 5.74) is 2.37. The van der Waals surface area contributed by atoms with E-state index < -0.39 is 0 Å². The van der Waals surface area contributed by atoms with Crippen LogP contribution in [-0.4, -0.2) is 12.4 Å². The Kier molecular flexibility index (Phi) is 3.69. The van der Waals surface area contributed by atoms with Crippen LogP contribution in [0.25, 0.3) is 0 Å². The summed E-state index contributed by atoms with van der Waals surface area (Å²) in [7, 11) is 0. The third kappa shape index (κ3) is 2.34. The van der Waals surface area contributed by atoms with E-state index in [-0.39, 0.29) is 0 Å². The molecule has 0 heterocycles. The first-order chi connectivity index (χ1) is 6.69. The lowest BCUT2D eigenvalue weighted by Crippen LogP contribution is -2.29. The van der Waals surface area contributed by atoms with E-state index in [4.69, 9.17) is 5.41 Å². The smallest absolute Gasteiger partial charge is 0.0999 e. The molecule has 14 heavy (non-hydrogen) atoms. The van der Waals surface area contributed by atoms with E-state index in [0.29, 0.717) is 5.84 Å². The Morgan fingerprint density at radius 1 is 1.36 bits per heavy atom. The Morgan fingerprint density at radius 3 is 2.57 bits per heavy atom.